The van der Waals surface area contributed by atoms with E-state index < -0.39 is 0 Å². The van der Waals surface area contributed by atoms with Crippen LogP contribution in [0.25, 0.3) is 0 Å². The lowest BCUT2D eigenvalue weighted by molar-refractivity contribution is 0.468. The molecule has 0 amide bonds. The monoisotopic (exact) mass is 258 g/mol. The van der Waals surface area contributed by atoms with Gasteiger partial charge in [0, 0.05) is 12.2 Å². The van der Waals surface area contributed by atoms with E-state index >= 15 is 0 Å². The fourth-order valence-corrected chi connectivity index (χ4v) is 2.10. The van der Waals surface area contributed by atoms with Crippen molar-refractivity contribution in [2.45, 2.75) is 40.3 Å². The molecule has 0 atom stereocenters. The molecule has 4 nitrogen and oxygen atoms in total. The summed E-state index contributed by atoms with van der Waals surface area (Å²) in [5.74, 6) is 1.56. The first-order valence-corrected chi connectivity index (χ1v) is 6.89. The zero-order chi connectivity index (χ0) is 13.7. The van der Waals surface area contributed by atoms with Gasteiger partial charge in [-0.1, -0.05) is 39.0 Å². The van der Waals surface area contributed by atoms with Gasteiger partial charge < -0.3 is 5.32 Å². The highest BCUT2D eigenvalue weighted by molar-refractivity contribution is 5.50. The molecule has 0 aliphatic rings. The smallest absolute Gasteiger partial charge is 0.146 e. The second kappa shape index (κ2) is 6.36. The van der Waals surface area contributed by atoms with E-state index in [-0.39, 0.29) is 0 Å². The molecule has 1 aromatic carbocycles. The summed E-state index contributed by atoms with van der Waals surface area (Å²) in [5, 5.41) is 7.73. The molecule has 1 N–H and O–H groups in total. The molecule has 0 radical (unpaired) electrons. The fraction of sp³-hybridized carbons (Fsp3) is 0.467. The number of benzene rings is 1. The van der Waals surface area contributed by atoms with Crippen molar-refractivity contribution in [1.29, 1.82) is 0 Å². The molecule has 0 spiro atoms. The van der Waals surface area contributed by atoms with E-state index in [1.54, 1.807) is 6.33 Å². The number of nitrogens with zero attached hydrogens (tertiary/aromatic N) is 3. The van der Waals surface area contributed by atoms with Gasteiger partial charge in [-0.05, 0) is 24.0 Å². The van der Waals surface area contributed by atoms with Crippen LogP contribution in [-0.4, -0.2) is 14.8 Å². The minimum absolute atomic E-state index is 0.573. The summed E-state index contributed by atoms with van der Waals surface area (Å²) in [6, 6.07) is 8.40. The minimum atomic E-state index is 0.573. The van der Waals surface area contributed by atoms with Crippen LogP contribution in [0.3, 0.4) is 0 Å². The Morgan fingerprint density at radius 2 is 2.05 bits per heavy atom. The van der Waals surface area contributed by atoms with Gasteiger partial charge in [0.05, 0.1) is 6.54 Å². The molecule has 0 fully saturated rings. The topological polar surface area (TPSA) is 42.7 Å². The molecule has 19 heavy (non-hydrogen) atoms. The van der Waals surface area contributed by atoms with Gasteiger partial charge in [-0.2, -0.15) is 5.10 Å². The maximum atomic E-state index is 4.33. The van der Waals surface area contributed by atoms with Crippen molar-refractivity contribution in [2.75, 3.05) is 5.32 Å². The highest BCUT2D eigenvalue weighted by Gasteiger charge is 2.06. The summed E-state index contributed by atoms with van der Waals surface area (Å²) >= 11 is 0. The van der Waals surface area contributed by atoms with Crippen molar-refractivity contribution in [3.63, 3.8) is 0 Å². The predicted molar refractivity (Wildman–Crippen MR) is 78.0 cm³/mol. The third-order valence-corrected chi connectivity index (χ3v) is 3.07. The lowest BCUT2D eigenvalue weighted by atomic mass is 10.1. The second-order valence-electron chi connectivity index (χ2n) is 5.12. The van der Waals surface area contributed by atoms with Crippen molar-refractivity contribution in [3.8, 4) is 0 Å². The Kier molecular flexibility index (Phi) is 4.55. The number of para-hydroxylation sites is 1. The highest BCUT2D eigenvalue weighted by atomic mass is 15.3. The molecule has 0 aliphatic heterocycles. The summed E-state index contributed by atoms with van der Waals surface area (Å²) in [7, 11) is 0. The van der Waals surface area contributed by atoms with Crippen molar-refractivity contribution >= 4 is 5.69 Å². The molecular formula is C15H22N4. The first kappa shape index (κ1) is 13.6. The molecule has 0 saturated carbocycles. The van der Waals surface area contributed by atoms with Gasteiger partial charge in [0.1, 0.15) is 12.2 Å². The van der Waals surface area contributed by atoms with Crippen LogP contribution in [0.4, 0.5) is 5.69 Å². The summed E-state index contributed by atoms with van der Waals surface area (Å²) in [4.78, 5) is 4.33. The van der Waals surface area contributed by atoms with Crippen molar-refractivity contribution < 1.29 is 0 Å². The molecule has 0 aliphatic carbocycles. The lowest BCUT2D eigenvalue weighted by Gasteiger charge is -2.12. The van der Waals surface area contributed by atoms with E-state index in [1.807, 2.05) is 4.68 Å². The van der Waals surface area contributed by atoms with Gasteiger partial charge in [0.15, 0.2) is 0 Å². The lowest BCUT2D eigenvalue weighted by Crippen LogP contribution is -2.13. The molecular weight excluding hydrogens is 236 g/mol. The van der Waals surface area contributed by atoms with Crippen LogP contribution in [0.2, 0.25) is 0 Å². The minimum Gasteiger partial charge on any atom is -0.378 e. The zero-order valence-corrected chi connectivity index (χ0v) is 11.9. The number of rotatable bonds is 6. The molecule has 102 valence electrons. The van der Waals surface area contributed by atoms with Crippen molar-refractivity contribution in [3.05, 3.63) is 42.0 Å². The summed E-state index contributed by atoms with van der Waals surface area (Å²) in [5.41, 5.74) is 2.52. The first-order valence-electron chi connectivity index (χ1n) is 6.89. The number of aryl methyl sites for hydroxylation is 1. The average molecular weight is 258 g/mol. The van der Waals surface area contributed by atoms with Gasteiger partial charge in [-0.15, -0.1) is 0 Å². The van der Waals surface area contributed by atoms with Gasteiger partial charge in [0.2, 0.25) is 0 Å². The maximum absolute atomic E-state index is 4.33. The molecule has 0 unspecified atom stereocenters. The van der Waals surface area contributed by atoms with E-state index in [0.717, 1.165) is 18.8 Å². The van der Waals surface area contributed by atoms with E-state index in [2.05, 4.69) is 60.4 Å². The Hall–Kier alpha value is -1.84. The number of nitrogens with one attached hydrogen (secondary N) is 1. The van der Waals surface area contributed by atoms with Crippen LogP contribution in [0.15, 0.2) is 30.6 Å². The standard InChI is InChI=1S/C15H22N4/c1-4-13-7-5-6-8-14(13)16-9-15-17-11-18-19(15)10-12(2)3/h5-8,11-12,16H,4,9-10H2,1-3H3. The van der Waals surface area contributed by atoms with Crippen LogP contribution < -0.4 is 5.32 Å². The number of hydrogen-bond donors (Lipinski definition) is 1. The Morgan fingerprint density at radius 1 is 1.26 bits per heavy atom. The number of anilines is 1. The Balaban J connectivity index is 2.04. The van der Waals surface area contributed by atoms with Crippen LogP contribution in [0.1, 0.15) is 32.2 Å². The Morgan fingerprint density at radius 3 is 2.79 bits per heavy atom. The molecule has 2 aromatic rings. The molecule has 1 aromatic heterocycles. The van der Waals surface area contributed by atoms with Crippen LogP contribution >= 0.6 is 0 Å². The number of hydrogen-bond acceptors (Lipinski definition) is 3. The Labute approximate surface area is 114 Å². The van der Waals surface area contributed by atoms with E-state index in [9.17, 15) is 0 Å². The van der Waals surface area contributed by atoms with Crippen LogP contribution in [-0.2, 0) is 19.5 Å². The largest absolute Gasteiger partial charge is 0.378 e. The van der Waals surface area contributed by atoms with Crippen LogP contribution in [0.5, 0.6) is 0 Å². The first-order chi connectivity index (χ1) is 9.20. The SMILES string of the molecule is CCc1ccccc1NCc1ncnn1CC(C)C. The Bertz CT molecular complexity index is 516. The third kappa shape index (κ3) is 3.56. The predicted octanol–water partition coefficient (Wildman–Crippen LogP) is 3.11. The maximum Gasteiger partial charge on any atom is 0.146 e. The van der Waals surface area contributed by atoms with Gasteiger partial charge >= 0.3 is 0 Å². The fourth-order valence-electron chi connectivity index (χ4n) is 2.10. The normalized spacial score (nSPS) is 10.9. The summed E-state index contributed by atoms with van der Waals surface area (Å²) in [6.45, 7) is 8.16. The van der Waals surface area contributed by atoms with Gasteiger partial charge in [0.25, 0.3) is 0 Å². The second-order valence-corrected chi connectivity index (χ2v) is 5.12. The van der Waals surface area contributed by atoms with E-state index in [0.29, 0.717) is 12.5 Å². The molecule has 2 rings (SSSR count). The van der Waals surface area contributed by atoms with Crippen LogP contribution in [0, 0.1) is 5.92 Å². The van der Waals surface area contributed by atoms with Gasteiger partial charge in [-0.3, -0.25) is 0 Å². The molecule has 0 saturated heterocycles. The van der Waals surface area contributed by atoms with Gasteiger partial charge in [-0.25, -0.2) is 9.67 Å². The summed E-state index contributed by atoms with van der Waals surface area (Å²) in [6.07, 6.45) is 2.66. The zero-order valence-electron chi connectivity index (χ0n) is 11.9. The summed E-state index contributed by atoms with van der Waals surface area (Å²) < 4.78 is 1.98. The number of aromatic nitrogens is 3. The molecule has 1 heterocycles. The third-order valence-electron chi connectivity index (χ3n) is 3.07. The van der Waals surface area contributed by atoms with E-state index in [4.69, 9.17) is 0 Å². The van der Waals surface area contributed by atoms with Crippen molar-refractivity contribution in [1.82, 2.24) is 14.8 Å². The highest BCUT2D eigenvalue weighted by Crippen LogP contribution is 2.16. The average Bonchev–Trinajstić information content (AvgIpc) is 2.83. The van der Waals surface area contributed by atoms with Crippen molar-refractivity contribution in [2.24, 2.45) is 5.92 Å². The quantitative estimate of drug-likeness (QED) is 0.865. The molecule has 4 heteroatoms. The van der Waals surface area contributed by atoms with E-state index in [1.165, 1.54) is 11.3 Å². The molecule has 0 bridgehead atoms.